The van der Waals surface area contributed by atoms with Crippen LogP contribution in [0.3, 0.4) is 0 Å². The molecular formula is C12H18IN3O2. The summed E-state index contributed by atoms with van der Waals surface area (Å²) in [5.74, 6) is -0.198. The first-order chi connectivity index (χ1) is 8.53. The van der Waals surface area contributed by atoms with Gasteiger partial charge in [0, 0.05) is 18.8 Å². The number of aryl methyl sites for hydroxylation is 1. The van der Waals surface area contributed by atoms with Crippen LogP contribution in [0.5, 0.6) is 0 Å². The van der Waals surface area contributed by atoms with Crippen LogP contribution in [0.1, 0.15) is 26.2 Å². The zero-order valence-corrected chi connectivity index (χ0v) is 12.8. The van der Waals surface area contributed by atoms with Gasteiger partial charge in [0.25, 0.3) is 0 Å². The second kappa shape index (κ2) is 5.56. The lowest BCUT2D eigenvalue weighted by Gasteiger charge is -2.28. The molecule has 0 saturated heterocycles. The molecule has 1 fully saturated rings. The quantitative estimate of drug-likeness (QED) is 0.616. The number of nitrogens with one attached hydrogen (secondary N) is 1. The van der Waals surface area contributed by atoms with Crippen LogP contribution in [0.15, 0.2) is 12.4 Å². The van der Waals surface area contributed by atoms with Crippen molar-refractivity contribution in [1.29, 1.82) is 0 Å². The van der Waals surface area contributed by atoms with Crippen LogP contribution >= 0.6 is 22.6 Å². The molecule has 1 unspecified atom stereocenters. The van der Waals surface area contributed by atoms with Gasteiger partial charge in [0.1, 0.15) is 5.54 Å². The van der Waals surface area contributed by atoms with Crippen molar-refractivity contribution in [3.8, 4) is 0 Å². The molecule has 100 valence electrons. The van der Waals surface area contributed by atoms with Gasteiger partial charge in [-0.25, -0.2) is 0 Å². The van der Waals surface area contributed by atoms with E-state index in [9.17, 15) is 4.79 Å². The van der Waals surface area contributed by atoms with Crippen LogP contribution in [0.25, 0.3) is 0 Å². The van der Waals surface area contributed by atoms with Crippen molar-refractivity contribution in [3.05, 3.63) is 16.0 Å². The van der Waals surface area contributed by atoms with Crippen molar-refractivity contribution in [2.45, 2.75) is 44.3 Å². The van der Waals surface area contributed by atoms with Crippen molar-refractivity contribution in [3.63, 3.8) is 0 Å². The molecule has 0 aromatic carbocycles. The summed E-state index contributed by atoms with van der Waals surface area (Å²) >= 11 is 2.22. The van der Waals surface area contributed by atoms with Crippen LogP contribution < -0.4 is 5.32 Å². The topological polar surface area (TPSA) is 56.2 Å². The molecular weight excluding hydrogens is 345 g/mol. The number of methoxy groups -OCH3 is 1. The Morgan fingerprint density at radius 2 is 2.44 bits per heavy atom. The third-order valence-corrected chi connectivity index (χ3v) is 3.74. The van der Waals surface area contributed by atoms with E-state index < -0.39 is 5.54 Å². The summed E-state index contributed by atoms with van der Waals surface area (Å²) in [6, 6.07) is 0.465. The van der Waals surface area contributed by atoms with Gasteiger partial charge in [-0.15, -0.1) is 0 Å². The standard InChI is InChI=1S/C12H18IN3O2/c1-12(11(17)18-2,15-10-3-4-10)5-6-16-8-9(13)7-14-16/h7-8,10,15H,3-6H2,1-2H3. The molecule has 1 N–H and O–H groups in total. The smallest absolute Gasteiger partial charge is 0.325 e. The maximum atomic E-state index is 11.9. The molecule has 1 aliphatic carbocycles. The van der Waals surface area contributed by atoms with E-state index in [-0.39, 0.29) is 5.97 Å². The molecule has 0 amide bonds. The summed E-state index contributed by atoms with van der Waals surface area (Å²) in [6.45, 7) is 2.61. The number of nitrogens with zero attached hydrogens (tertiary/aromatic N) is 2. The Hall–Kier alpha value is -0.630. The molecule has 1 aliphatic rings. The van der Waals surface area contributed by atoms with E-state index in [0.717, 1.165) is 16.4 Å². The fourth-order valence-corrected chi connectivity index (χ4v) is 2.38. The minimum Gasteiger partial charge on any atom is -0.468 e. The highest BCUT2D eigenvalue weighted by Crippen LogP contribution is 2.25. The minimum atomic E-state index is -0.618. The fourth-order valence-electron chi connectivity index (χ4n) is 1.94. The van der Waals surface area contributed by atoms with Gasteiger partial charge >= 0.3 is 5.97 Å². The zero-order chi connectivity index (χ0) is 13.2. The zero-order valence-electron chi connectivity index (χ0n) is 10.6. The highest BCUT2D eigenvalue weighted by atomic mass is 127. The third-order valence-electron chi connectivity index (χ3n) is 3.18. The van der Waals surface area contributed by atoms with Crippen molar-refractivity contribution >= 4 is 28.6 Å². The molecule has 5 nitrogen and oxygen atoms in total. The van der Waals surface area contributed by atoms with E-state index in [1.807, 2.05) is 24.0 Å². The van der Waals surface area contributed by atoms with Crippen molar-refractivity contribution in [2.75, 3.05) is 7.11 Å². The summed E-state index contributed by atoms with van der Waals surface area (Å²) in [5, 5.41) is 7.61. The van der Waals surface area contributed by atoms with Gasteiger partial charge < -0.3 is 4.74 Å². The van der Waals surface area contributed by atoms with Crippen LogP contribution in [0, 0.1) is 3.57 Å². The van der Waals surface area contributed by atoms with Crippen molar-refractivity contribution < 1.29 is 9.53 Å². The Labute approximate surface area is 120 Å². The predicted octanol–water partition coefficient (Wildman–Crippen LogP) is 1.56. The first-order valence-corrected chi connectivity index (χ1v) is 7.15. The lowest BCUT2D eigenvalue weighted by Crippen LogP contribution is -2.51. The van der Waals surface area contributed by atoms with E-state index in [1.54, 1.807) is 0 Å². The SMILES string of the molecule is COC(=O)C(C)(CCn1cc(I)cn1)NC1CC1. The molecule has 0 aliphatic heterocycles. The third kappa shape index (κ3) is 3.44. The van der Waals surface area contributed by atoms with Crippen molar-refractivity contribution in [1.82, 2.24) is 15.1 Å². The highest BCUT2D eigenvalue weighted by molar-refractivity contribution is 14.1. The molecule has 1 aromatic heterocycles. The Morgan fingerprint density at radius 1 is 1.72 bits per heavy atom. The molecule has 0 spiro atoms. The summed E-state index contributed by atoms with van der Waals surface area (Å²) in [4.78, 5) is 11.9. The normalized spacial score (nSPS) is 18.4. The Morgan fingerprint density at radius 3 is 2.94 bits per heavy atom. The van der Waals surface area contributed by atoms with Gasteiger partial charge in [-0.2, -0.15) is 5.10 Å². The van der Waals surface area contributed by atoms with E-state index in [2.05, 4.69) is 33.0 Å². The number of aromatic nitrogens is 2. The number of esters is 1. The maximum Gasteiger partial charge on any atom is 0.325 e. The summed E-state index contributed by atoms with van der Waals surface area (Å²) in [5.41, 5.74) is -0.618. The van der Waals surface area contributed by atoms with Gasteiger partial charge in [0.2, 0.25) is 0 Å². The van der Waals surface area contributed by atoms with Gasteiger partial charge in [-0.1, -0.05) is 0 Å². The van der Waals surface area contributed by atoms with Gasteiger partial charge in [0.05, 0.1) is 16.9 Å². The fraction of sp³-hybridized carbons (Fsp3) is 0.667. The summed E-state index contributed by atoms with van der Waals surface area (Å²) < 4.78 is 7.86. The lowest BCUT2D eigenvalue weighted by molar-refractivity contribution is -0.148. The largest absolute Gasteiger partial charge is 0.468 e. The average molecular weight is 363 g/mol. The number of ether oxygens (including phenoxy) is 1. The van der Waals surface area contributed by atoms with Gasteiger partial charge in [-0.05, 0) is 48.8 Å². The highest BCUT2D eigenvalue weighted by Gasteiger charge is 2.39. The van der Waals surface area contributed by atoms with E-state index >= 15 is 0 Å². The second-order valence-electron chi connectivity index (χ2n) is 4.91. The second-order valence-corrected chi connectivity index (χ2v) is 6.16. The Balaban J connectivity index is 1.97. The number of halogens is 1. The number of hydrogen-bond donors (Lipinski definition) is 1. The number of hydrogen-bond acceptors (Lipinski definition) is 4. The van der Waals surface area contributed by atoms with E-state index in [1.165, 1.54) is 7.11 Å². The van der Waals surface area contributed by atoms with Crippen LogP contribution in [0.2, 0.25) is 0 Å². The van der Waals surface area contributed by atoms with Crippen LogP contribution in [-0.2, 0) is 16.1 Å². The Bertz CT molecular complexity index is 431. The minimum absolute atomic E-state index is 0.198. The molecule has 1 aromatic rings. The molecule has 2 rings (SSSR count). The number of carbonyl (C=O) groups is 1. The molecule has 18 heavy (non-hydrogen) atoms. The lowest BCUT2D eigenvalue weighted by atomic mass is 9.97. The molecule has 1 heterocycles. The van der Waals surface area contributed by atoms with Crippen LogP contribution in [-0.4, -0.2) is 34.4 Å². The van der Waals surface area contributed by atoms with Crippen molar-refractivity contribution in [2.24, 2.45) is 0 Å². The predicted molar refractivity (Wildman–Crippen MR) is 76.1 cm³/mol. The number of rotatable bonds is 6. The van der Waals surface area contributed by atoms with E-state index in [0.29, 0.717) is 19.0 Å². The molecule has 0 radical (unpaired) electrons. The van der Waals surface area contributed by atoms with Crippen LogP contribution in [0.4, 0.5) is 0 Å². The first-order valence-electron chi connectivity index (χ1n) is 6.07. The molecule has 1 atom stereocenters. The first kappa shape index (κ1) is 13.8. The monoisotopic (exact) mass is 363 g/mol. The Kier molecular flexibility index (Phi) is 4.26. The average Bonchev–Trinajstić information content (AvgIpc) is 3.06. The number of carbonyl (C=O) groups excluding carboxylic acids is 1. The molecule has 1 saturated carbocycles. The summed E-state index contributed by atoms with van der Waals surface area (Å²) in [6.07, 6.45) is 6.74. The van der Waals surface area contributed by atoms with Gasteiger partial charge in [-0.3, -0.25) is 14.8 Å². The molecule has 6 heteroatoms. The van der Waals surface area contributed by atoms with Gasteiger partial charge in [0.15, 0.2) is 0 Å². The maximum absolute atomic E-state index is 11.9. The van der Waals surface area contributed by atoms with E-state index in [4.69, 9.17) is 4.74 Å². The molecule has 0 bridgehead atoms. The summed E-state index contributed by atoms with van der Waals surface area (Å²) in [7, 11) is 1.44.